The van der Waals surface area contributed by atoms with Crippen molar-refractivity contribution in [3.63, 3.8) is 0 Å². The number of para-hydroxylation sites is 1. The van der Waals surface area contributed by atoms with Crippen molar-refractivity contribution in [2.24, 2.45) is 0 Å². The summed E-state index contributed by atoms with van der Waals surface area (Å²) in [5.41, 5.74) is 0.299. The summed E-state index contributed by atoms with van der Waals surface area (Å²) in [6.45, 7) is 7.06. The van der Waals surface area contributed by atoms with Gasteiger partial charge in [-0.2, -0.15) is 0 Å². The van der Waals surface area contributed by atoms with E-state index in [2.05, 4.69) is 0 Å². The number of carbonyl (C=O) groups is 1. The van der Waals surface area contributed by atoms with Crippen LogP contribution in [0, 0.1) is 6.92 Å². The van der Waals surface area contributed by atoms with Crippen molar-refractivity contribution in [2.45, 2.75) is 33.3 Å². The Hall–Kier alpha value is -1.31. The van der Waals surface area contributed by atoms with Crippen molar-refractivity contribution in [3.8, 4) is 5.75 Å². The fourth-order valence-corrected chi connectivity index (χ4v) is 1.02. The molecule has 0 aliphatic rings. The molecule has 2 nitrogen and oxygen atoms in total. The number of benzene rings is 1. The van der Waals surface area contributed by atoms with Crippen LogP contribution in [0.4, 0.5) is 0 Å². The SMILES string of the molecule is CC(=O)C(C)(C)Oc1ccccc1C. The molecule has 0 aliphatic heterocycles. The van der Waals surface area contributed by atoms with E-state index in [0.717, 1.165) is 11.3 Å². The molecule has 0 N–H and O–H groups in total. The van der Waals surface area contributed by atoms with Gasteiger partial charge in [-0.05, 0) is 39.3 Å². The largest absolute Gasteiger partial charge is 0.480 e. The van der Waals surface area contributed by atoms with Gasteiger partial charge in [-0.25, -0.2) is 0 Å². The molecule has 0 heterocycles. The molecule has 0 amide bonds. The van der Waals surface area contributed by atoms with Crippen LogP contribution in [0.1, 0.15) is 26.3 Å². The first-order chi connectivity index (χ1) is 6.43. The highest BCUT2D eigenvalue weighted by Gasteiger charge is 2.25. The summed E-state index contributed by atoms with van der Waals surface area (Å²) in [7, 11) is 0. The Morgan fingerprint density at radius 1 is 1.29 bits per heavy atom. The molecule has 0 spiro atoms. The predicted octanol–water partition coefficient (Wildman–Crippen LogP) is 2.74. The van der Waals surface area contributed by atoms with E-state index < -0.39 is 5.60 Å². The second kappa shape index (κ2) is 3.82. The van der Waals surface area contributed by atoms with E-state index in [1.165, 1.54) is 6.92 Å². The number of hydrogen-bond acceptors (Lipinski definition) is 2. The van der Waals surface area contributed by atoms with E-state index in [-0.39, 0.29) is 5.78 Å². The molecule has 0 saturated carbocycles. The standard InChI is InChI=1S/C12H16O2/c1-9-7-5-6-8-11(9)14-12(3,4)10(2)13/h5-8H,1-4H3. The van der Waals surface area contributed by atoms with Crippen LogP contribution >= 0.6 is 0 Å². The lowest BCUT2D eigenvalue weighted by Gasteiger charge is -2.24. The maximum absolute atomic E-state index is 11.3. The molecule has 0 atom stereocenters. The van der Waals surface area contributed by atoms with E-state index in [1.54, 1.807) is 13.8 Å². The van der Waals surface area contributed by atoms with Gasteiger partial charge in [-0.1, -0.05) is 18.2 Å². The minimum absolute atomic E-state index is 0.0285. The maximum Gasteiger partial charge on any atom is 0.172 e. The van der Waals surface area contributed by atoms with Gasteiger partial charge in [0.05, 0.1) is 0 Å². The zero-order valence-corrected chi connectivity index (χ0v) is 9.13. The fraction of sp³-hybridized carbons (Fsp3) is 0.417. The van der Waals surface area contributed by atoms with Crippen molar-refractivity contribution in [2.75, 3.05) is 0 Å². The van der Waals surface area contributed by atoms with Crippen molar-refractivity contribution in [1.82, 2.24) is 0 Å². The van der Waals surface area contributed by atoms with Crippen LogP contribution in [0.5, 0.6) is 5.75 Å². The van der Waals surface area contributed by atoms with Crippen molar-refractivity contribution < 1.29 is 9.53 Å². The Kier molecular flexibility index (Phi) is 2.94. The van der Waals surface area contributed by atoms with Crippen LogP contribution in [-0.2, 0) is 4.79 Å². The molecule has 0 fully saturated rings. The zero-order chi connectivity index (χ0) is 10.8. The Labute approximate surface area is 84.9 Å². The number of aryl methyl sites for hydroxylation is 1. The van der Waals surface area contributed by atoms with Gasteiger partial charge in [0.2, 0.25) is 0 Å². The first-order valence-corrected chi connectivity index (χ1v) is 4.69. The normalized spacial score (nSPS) is 11.1. The number of ketones is 1. The number of Topliss-reactive ketones (excluding diaryl/α,β-unsaturated/α-hetero) is 1. The van der Waals surface area contributed by atoms with Gasteiger partial charge in [0, 0.05) is 0 Å². The van der Waals surface area contributed by atoms with Gasteiger partial charge in [0.1, 0.15) is 5.75 Å². The third kappa shape index (κ3) is 2.34. The van der Waals surface area contributed by atoms with Gasteiger partial charge in [-0.15, -0.1) is 0 Å². The summed E-state index contributed by atoms with van der Waals surface area (Å²) < 4.78 is 5.64. The van der Waals surface area contributed by atoms with Crippen LogP contribution in [0.15, 0.2) is 24.3 Å². The number of ether oxygens (including phenoxy) is 1. The number of carbonyl (C=O) groups excluding carboxylic acids is 1. The van der Waals surface area contributed by atoms with E-state index >= 15 is 0 Å². The summed E-state index contributed by atoms with van der Waals surface area (Å²) in [6, 6.07) is 7.69. The van der Waals surface area contributed by atoms with Crippen LogP contribution in [0.3, 0.4) is 0 Å². The second-order valence-corrected chi connectivity index (χ2v) is 3.93. The van der Waals surface area contributed by atoms with Crippen LogP contribution in [-0.4, -0.2) is 11.4 Å². The number of rotatable bonds is 3. The average Bonchev–Trinajstić information content (AvgIpc) is 2.08. The molecule has 1 aromatic rings. The minimum Gasteiger partial charge on any atom is -0.480 e. The third-order valence-electron chi connectivity index (χ3n) is 2.31. The molecule has 1 rings (SSSR count). The van der Waals surface area contributed by atoms with E-state index in [9.17, 15) is 4.79 Å². The summed E-state index contributed by atoms with van der Waals surface area (Å²) in [4.78, 5) is 11.3. The highest BCUT2D eigenvalue weighted by atomic mass is 16.5. The molecular formula is C12H16O2. The molecule has 0 radical (unpaired) electrons. The first kappa shape index (κ1) is 10.8. The molecule has 0 aliphatic carbocycles. The average molecular weight is 192 g/mol. The van der Waals surface area contributed by atoms with E-state index in [0.29, 0.717) is 0 Å². The number of hydrogen-bond donors (Lipinski definition) is 0. The zero-order valence-electron chi connectivity index (χ0n) is 9.13. The summed E-state index contributed by atoms with van der Waals surface area (Å²) in [5.74, 6) is 0.799. The van der Waals surface area contributed by atoms with Crippen LogP contribution in [0.2, 0.25) is 0 Å². The molecule has 0 saturated heterocycles. The highest BCUT2D eigenvalue weighted by Crippen LogP contribution is 2.22. The first-order valence-electron chi connectivity index (χ1n) is 4.69. The Morgan fingerprint density at radius 3 is 2.36 bits per heavy atom. The molecule has 0 aromatic heterocycles. The Balaban J connectivity index is 2.89. The molecule has 0 bridgehead atoms. The molecular weight excluding hydrogens is 176 g/mol. The van der Waals surface area contributed by atoms with E-state index in [1.807, 2.05) is 31.2 Å². The van der Waals surface area contributed by atoms with Crippen molar-refractivity contribution in [1.29, 1.82) is 0 Å². The minimum atomic E-state index is -0.744. The van der Waals surface area contributed by atoms with Crippen molar-refractivity contribution >= 4 is 5.78 Å². The summed E-state index contributed by atoms with van der Waals surface area (Å²) >= 11 is 0. The molecule has 2 heteroatoms. The molecule has 0 unspecified atom stereocenters. The Bertz CT molecular complexity index is 340. The van der Waals surface area contributed by atoms with Gasteiger partial charge < -0.3 is 4.74 Å². The van der Waals surface area contributed by atoms with Gasteiger partial charge in [-0.3, -0.25) is 4.79 Å². The van der Waals surface area contributed by atoms with Crippen LogP contribution in [0.25, 0.3) is 0 Å². The lowest BCUT2D eigenvalue weighted by Crippen LogP contribution is -2.36. The van der Waals surface area contributed by atoms with Gasteiger partial charge in [0.15, 0.2) is 11.4 Å². The van der Waals surface area contributed by atoms with Crippen LogP contribution < -0.4 is 4.74 Å². The van der Waals surface area contributed by atoms with Gasteiger partial charge >= 0.3 is 0 Å². The fourth-order valence-electron chi connectivity index (χ4n) is 1.02. The van der Waals surface area contributed by atoms with Crippen molar-refractivity contribution in [3.05, 3.63) is 29.8 Å². The maximum atomic E-state index is 11.3. The predicted molar refractivity (Wildman–Crippen MR) is 56.6 cm³/mol. The molecule has 14 heavy (non-hydrogen) atoms. The summed E-state index contributed by atoms with van der Waals surface area (Å²) in [5, 5.41) is 0. The topological polar surface area (TPSA) is 26.3 Å². The monoisotopic (exact) mass is 192 g/mol. The molecule has 76 valence electrons. The third-order valence-corrected chi connectivity index (χ3v) is 2.31. The Morgan fingerprint density at radius 2 is 1.86 bits per heavy atom. The van der Waals surface area contributed by atoms with Gasteiger partial charge in [0.25, 0.3) is 0 Å². The quantitative estimate of drug-likeness (QED) is 0.736. The summed E-state index contributed by atoms with van der Waals surface area (Å²) in [6.07, 6.45) is 0. The highest BCUT2D eigenvalue weighted by molar-refractivity contribution is 5.84. The molecule has 1 aromatic carbocycles. The lowest BCUT2D eigenvalue weighted by atomic mass is 10.0. The lowest BCUT2D eigenvalue weighted by molar-refractivity contribution is -0.129. The smallest absolute Gasteiger partial charge is 0.172 e. The second-order valence-electron chi connectivity index (χ2n) is 3.93. The van der Waals surface area contributed by atoms with E-state index in [4.69, 9.17) is 4.74 Å².